The van der Waals surface area contributed by atoms with Crippen LogP contribution in [0.1, 0.15) is 115 Å². The number of nitrogens with one attached hydrogen (secondary N) is 8. The first kappa shape index (κ1) is 105. The number of esters is 1. The van der Waals surface area contributed by atoms with E-state index in [1.54, 1.807) is 32.1 Å². The molecule has 17 heteroatoms. The number of carbonyl (C=O) groups excluding carboxylic acids is 1. The van der Waals surface area contributed by atoms with Crippen molar-refractivity contribution < 1.29 is 33.2 Å². The molecular weight excluding hydrogens is 1540 g/mol. The second-order valence-electron chi connectivity index (χ2n) is 26.7. The van der Waals surface area contributed by atoms with Crippen molar-refractivity contribution >= 4 is 87.0 Å². The molecule has 8 N–H and O–H groups in total. The second-order valence-corrected chi connectivity index (χ2v) is 28.0. The first-order chi connectivity index (χ1) is 59.1. The zero-order valence-corrected chi connectivity index (χ0v) is 76.1. The fourth-order valence-electron chi connectivity index (χ4n) is 10.6. The van der Waals surface area contributed by atoms with E-state index in [2.05, 4.69) is 150 Å². The molecule has 0 saturated carbocycles. The molecule has 0 bridgehead atoms. The lowest BCUT2D eigenvalue weighted by molar-refractivity contribution is -0.137. The van der Waals surface area contributed by atoms with Crippen LogP contribution in [0.2, 0.25) is 5.02 Å². The topological polar surface area (TPSA) is 169 Å². The standard InChI is InChI=1S/2C15H25NO.C14H19NO3.C13H13N.C9H10ClN.C9H11N.C8H11NO.C7H9N.C7H8O.C7H8S/c1-4-5-6-7-8-13(2)17-15-11-9-14(16-3)10-12-15;1-3-4-5-6-7-8-13-17-15-11-9-14(16-2)10-12-15;1-3-14(16)18-11-5-4-10-17-13-8-6-12(15-2)7-9-13;1-14-13-9-7-12(8-10-13)11-5-3-2-4-6-11;1-3-7-4-5-9(11-2)8(10)6-7;1-3-8-4-6-9(10-2)7-5-8;1-9-7-3-5-8(10-2)6-4-7;3*1-8-7-5-3-2-4-6-7/h9-13,16H,4-8H2,1-3H3;9-12,16H,3-8,13H2,1-2H3;3,6-9,15H,1,4-5,10-11H2,2H3;2-10,14H,1H3;3-6,11H,1H2,2H3;3-7,10H,1H2,2H3;3-6,9H,1-2H3;2-6,8H,1H3;2*2-6H,1H3. The van der Waals surface area contributed by atoms with Crippen LogP contribution in [0.3, 0.4) is 0 Å². The quantitative estimate of drug-likeness (QED) is 0.00807. The van der Waals surface area contributed by atoms with Gasteiger partial charge in [0.25, 0.3) is 0 Å². The van der Waals surface area contributed by atoms with Crippen molar-refractivity contribution in [2.75, 3.05) is 139 Å². The molecule has 15 nitrogen and oxygen atoms in total. The maximum atomic E-state index is 10.7. The summed E-state index contributed by atoms with van der Waals surface area (Å²) in [7, 11) is 18.5. The van der Waals surface area contributed by atoms with Crippen LogP contribution in [0, 0.1) is 0 Å². The van der Waals surface area contributed by atoms with E-state index in [9.17, 15) is 4.79 Å². The van der Waals surface area contributed by atoms with E-state index in [0.717, 1.165) is 123 Å². The summed E-state index contributed by atoms with van der Waals surface area (Å²) in [5.41, 5.74) is 13.5. The highest BCUT2D eigenvalue weighted by atomic mass is 35.5. The van der Waals surface area contributed by atoms with Gasteiger partial charge in [0.1, 0.15) is 28.7 Å². The first-order valence-corrected chi connectivity index (χ1v) is 43.3. The van der Waals surface area contributed by atoms with E-state index in [4.69, 9.17) is 40.0 Å². The minimum atomic E-state index is -0.376. The van der Waals surface area contributed by atoms with E-state index < -0.39 is 0 Å². The molecule has 0 amide bonds. The number of methoxy groups -OCH3 is 2. The third kappa shape index (κ3) is 52.0. The number of rotatable bonds is 36. The zero-order valence-electron chi connectivity index (χ0n) is 74.5. The number of ether oxygens (including phenoxy) is 6. The SMILES string of the molecule is C=CC(=O)OCCCCOc1ccc(NC)cc1.C=Cc1ccc(NC)c(Cl)c1.C=Cc1ccc(NC)cc1.CCCCCCC(C)Oc1ccc(NC)cc1.CCCCCCCCOc1ccc(NC)cc1.CNc1ccc(-c2ccccc2)cc1.CNc1ccc(OC)cc1.CNc1ccccc1.COc1ccccc1.CSc1ccccc1. The van der Waals surface area contributed by atoms with Gasteiger partial charge in [-0.2, -0.15) is 0 Å². The Morgan fingerprint density at radius 1 is 0.372 bits per heavy atom. The number of carbonyl (C=O) groups is 1. The Morgan fingerprint density at radius 2 is 0.711 bits per heavy atom. The van der Waals surface area contributed by atoms with Crippen molar-refractivity contribution in [1.82, 2.24) is 0 Å². The van der Waals surface area contributed by atoms with Crippen LogP contribution in [-0.2, 0) is 9.53 Å². The van der Waals surface area contributed by atoms with Crippen molar-refractivity contribution in [2.24, 2.45) is 0 Å². The van der Waals surface area contributed by atoms with E-state index in [-0.39, 0.29) is 5.97 Å². The van der Waals surface area contributed by atoms with Gasteiger partial charge in [0.15, 0.2) is 0 Å². The third-order valence-corrected chi connectivity index (χ3v) is 18.9. The summed E-state index contributed by atoms with van der Waals surface area (Å²) >= 11 is 7.67. The van der Waals surface area contributed by atoms with Crippen LogP contribution in [0.15, 0.2) is 316 Å². The maximum Gasteiger partial charge on any atom is 0.330 e. The summed E-state index contributed by atoms with van der Waals surface area (Å²) < 4.78 is 31.9. The van der Waals surface area contributed by atoms with Crippen molar-refractivity contribution in [2.45, 2.75) is 115 Å². The lowest BCUT2D eigenvalue weighted by Crippen LogP contribution is -2.11. The molecule has 0 spiro atoms. The Kier molecular flexibility index (Phi) is 61.8. The van der Waals surface area contributed by atoms with Crippen LogP contribution < -0.4 is 66.2 Å². The molecule has 11 aromatic rings. The van der Waals surface area contributed by atoms with Gasteiger partial charge in [-0.05, 0) is 237 Å². The number of hydrogen-bond donors (Lipinski definition) is 8. The number of unbranched alkanes of at least 4 members (excludes halogenated alkanes) is 9. The van der Waals surface area contributed by atoms with E-state index in [1.165, 1.54) is 79.9 Å². The molecular formula is C104H139ClN8O7S. The van der Waals surface area contributed by atoms with Crippen molar-refractivity contribution in [3.63, 3.8) is 0 Å². The van der Waals surface area contributed by atoms with Crippen molar-refractivity contribution in [3.8, 4) is 39.9 Å². The fraction of sp³-hybridized carbons (Fsp3) is 0.298. The molecule has 11 aromatic carbocycles. The van der Waals surface area contributed by atoms with Gasteiger partial charge in [0.05, 0.1) is 50.9 Å². The monoisotopic (exact) mass is 1680 g/mol. The summed E-state index contributed by atoms with van der Waals surface area (Å²) in [6, 6.07) is 94.5. The van der Waals surface area contributed by atoms with Gasteiger partial charge in [0, 0.05) is 107 Å². The van der Waals surface area contributed by atoms with Gasteiger partial charge >= 0.3 is 5.97 Å². The molecule has 1 atom stereocenters. The number of anilines is 8. The normalized spacial score (nSPS) is 9.78. The minimum Gasteiger partial charge on any atom is -0.497 e. The maximum absolute atomic E-state index is 10.7. The predicted octanol–water partition coefficient (Wildman–Crippen LogP) is 27.9. The van der Waals surface area contributed by atoms with Crippen molar-refractivity contribution in [1.29, 1.82) is 0 Å². The highest BCUT2D eigenvalue weighted by Gasteiger charge is 2.05. The number of para-hydroxylation sites is 2. The lowest BCUT2D eigenvalue weighted by atomic mass is 10.1. The summed E-state index contributed by atoms with van der Waals surface area (Å²) in [6.07, 6.45) is 23.0. The summed E-state index contributed by atoms with van der Waals surface area (Å²) in [4.78, 5) is 12.1. The molecule has 0 radical (unpaired) electrons. The Bertz CT molecular complexity index is 4180. The summed E-state index contributed by atoms with van der Waals surface area (Å²) in [6.45, 7) is 19.1. The Balaban J connectivity index is 0.000000461. The Morgan fingerprint density at radius 3 is 1.09 bits per heavy atom. The highest BCUT2D eigenvalue weighted by molar-refractivity contribution is 7.98. The third-order valence-electron chi connectivity index (χ3n) is 17.8. The van der Waals surface area contributed by atoms with Gasteiger partial charge in [0.2, 0.25) is 0 Å². The number of thioether (sulfide) groups is 1. The van der Waals surface area contributed by atoms with Crippen LogP contribution in [0.25, 0.3) is 23.3 Å². The molecule has 0 heterocycles. The molecule has 0 saturated heterocycles. The molecule has 650 valence electrons. The second kappa shape index (κ2) is 71.1. The van der Waals surface area contributed by atoms with Crippen LogP contribution in [0.5, 0.6) is 28.7 Å². The number of halogens is 1. The van der Waals surface area contributed by atoms with Crippen LogP contribution in [-0.4, -0.2) is 109 Å². The largest absolute Gasteiger partial charge is 0.497 e. The molecule has 1 unspecified atom stereocenters. The average Bonchev–Trinajstić information content (AvgIpc) is 0.869. The van der Waals surface area contributed by atoms with E-state index in [1.807, 2.05) is 287 Å². The van der Waals surface area contributed by atoms with Gasteiger partial charge < -0.3 is 71.0 Å². The molecule has 11 rings (SSSR count). The number of hydrogen-bond acceptors (Lipinski definition) is 16. The zero-order chi connectivity index (χ0) is 88.4. The summed E-state index contributed by atoms with van der Waals surface area (Å²) in [5, 5.41) is 25.1. The van der Waals surface area contributed by atoms with E-state index >= 15 is 0 Å². The van der Waals surface area contributed by atoms with Crippen LogP contribution >= 0.6 is 23.4 Å². The molecule has 0 aliphatic rings. The fourth-order valence-corrected chi connectivity index (χ4v) is 11.3. The Hall–Kier alpha value is -11.9. The average molecular weight is 1680 g/mol. The van der Waals surface area contributed by atoms with Crippen LogP contribution in [0.4, 0.5) is 45.5 Å². The molecule has 0 fully saturated rings. The smallest absolute Gasteiger partial charge is 0.330 e. The van der Waals surface area contributed by atoms with Gasteiger partial charge in [-0.3, -0.25) is 0 Å². The Labute approximate surface area is 737 Å². The lowest BCUT2D eigenvalue weighted by Gasteiger charge is -2.14. The molecule has 0 aliphatic heterocycles. The first-order valence-electron chi connectivity index (χ1n) is 41.7. The van der Waals surface area contributed by atoms with Gasteiger partial charge in [-0.1, -0.05) is 224 Å². The highest BCUT2D eigenvalue weighted by Crippen LogP contribution is 2.25. The van der Waals surface area contributed by atoms with Gasteiger partial charge in [-0.25, -0.2) is 4.79 Å². The summed E-state index contributed by atoms with van der Waals surface area (Å²) in [5.74, 6) is 4.20. The molecule has 0 aliphatic carbocycles. The predicted molar refractivity (Wildman–Crippen MR) is 530 cm³/mol. The molecule has 121 heavy (non-hydrogen) atoms. The number of benzene rings is 11. The minimum absolute atomic E-state index is 0.312. The molecule has 0 aromatic heterocycles. The van der Waals surface area contributed by atoms with Crippen molar-refractivity contribution in [3.05, 3.63) is 327 Å². The van der Waals surface area contributed by atoms with E-state index in [0.29, 0.717) is 19.3 Å². The van der Waals surface area contributed by atoms with Gasteiger partial charge in [-0.15, -0.1) is 11.8 Å².